The molecule has 0 bridgehead atoms. The summed E-state index contributed by atoms with van der Waals surface area (Å²) in [6.45, 7) is 10.2. The Balaban J connectivity index is 2.55. The molecule has 0 aromatic carbocycles. The molecule has 0 aromatic rings. The fourth-order valence-electron chi connectivity index (χ4n) is 2.51. The third-order valence-corrected chi connectivity index (χ3v) is 5.01. The van der Waals surface area contributed by atoms with Gasteiger partial charge in [0.1, 0.15) is 0 Å². The van der Waals surface area contributed by atoms with Gasteiger partial charge in [-0.2, -0.15) is 11.8 Å². The van der Waals surface area contributed by atoms with Crippen LogP contribution in [0.25, 0.3) is 0 Å². The Hall–Kier alpha value is 0.310. The molecule has 0 radical (unpaired) electrons. The first-order valence-electron chi connectivity index (χ1n) is 6.34. The second kappa shape index (κ2) is 5.58. The van der Waals surface area contributed by atoms with Crippen LogP contribution in [0.3, 0.4) is 0 Å². The molecule has 0 aliphatic heterocycles. The molecule has 1 aliphatic rings. The van der Waals surface area contributed by atoms with Crippen molar-refractivity contribution in [2.75, 3.05) is 6.54 Å². The highest BCUT2D eigenvalue weighted by atomic mass is 32.2. The van der Waals surface area contributed by atoms with Gasteiger partial charge in [0, 0.05) is 10.00 Å². The van der Waals surface area contributed by atoms with Crippen molar-refractivity contribution in [3.63, 3.8) is 0 Å². The Bertz CT molecular complexity index is 185. The molecular formula is C13H27NS. The smallest absolute Gasteiger partial charge is 0.00952 e. The first kappa shape index (κ1) is 13.4. The molecule has 0 saturated heterocycles. The first-order valence-corrected chi connectivity index (χ1v) is 7.22. The fourth-order valence-corrected chi connectivity index (χ4v) is 4.23. The van der Waals surface area contributed by atoms with Crippen molar-refractivity contribution in [1.82, 2.24) is 0 Å². The third kappa shape index (κ3) is 4.36. The summed E-state index contributed by atoms with van der Waals surface area (Å²) >= 11 is 2.15. The zero-order valence-electron chi connectivity index (χ0n) is 10.8. The summed E-state index contributed by atoms with van der Waals surface area (Å²) in [6, 6.07) is 0. The van der Waals surface area contributed by atoms with E-state index in [4.69, 9.17) is 5.73 Å². The summed E-state index contributed by atoms with van der Waals surface area (Å²) in [5.74, 6) is 1.71. The van der Waals surface area contributed by atoms with Crippen LogP contribution in [0.2, 0.25) is 0 Å². The van der Waals surface area contributed by atoms with Gasteiger partial charge >= 0.3 is 0 Å². The Morgan fingerprint density at radius 1 is 1.27 bits per heavy atom. The standard InChI is InChI=1S/C13H27NS/c1-5-10-6-7-11(9-14)12(8-10)15-13(2,3)4/h10-12H,5-9,14H2,1-4H3. The van der Waals surface area contributed by atoms with Crippen molar-refractivity contribution in [2.45, 2.75) is 63.4 Å². The molecule has 0 amide bonds. The van der Waals surface area contributed by atoms with Crippen LogP contribution >= 0.6 is 11.8 Å². The summed E-state index contributed by atoms with van der Waals surface area (Å²) in [4.78, 5) is 0. The Morgan fingerprint density at radius 2 is 1.93 bits per heavy atom. The van der Waals surface area contributed by atoms with E-state index in [-0.39, 0.29) is 0 Å². The zero-order chi connectivity index (χ0) is 11.5. The van der Waals surface area contributed by atoms with Gasteiger partial charge in [-0.1, -0.05) is 40.5 Å². The molecule has 1 nitrogen and oxygen atoms in total. The predicted molar refractivity (Wildman–Crippen MR) is 71.3 cm³/mol. The lowest BCUT2D eigenvalue weighted by Crippen LogP contribution is -2.34. The van der Waals surface area contributed by atoms with Gasteiger partial charge in [0.25, 0.3) is 0 Å². The summed E-state index contributed by atoms with van der Waals surface area (Å²) in [5, 5.41) is 0.800. The van der Waals surface area contributed by atoms with Crippen molar-refractivity contribution in [3.05, 3.63) is 0 Å². The second-order valence-corrected chi connectivity index (χ2v) is 7.92. The van der Waals surface area contributed by atoms with E-state index in [1.54, 1.807) is 0 Å². The first-order chi connectivity index (χ1) is 6.96. The largest absolute Gasteiger partial charge is 0.330 e. The SMILES string of the molecule is CCC1CCC(CN)C(SC(C)(C)C)C1. The Labute approximate surface area is 99.6 Å². The van der Waals surface area contributed by atoms with E-state index in [9.17, 15) is 0 Å². The molecule has 2 heteroatoms. The van der Waals surface area contributed by atoms with Crippen LogP contribution in [0.1, 0.15) is 53.4 Å². The quantitative estimate of drug-likeness (QED) is 0.799. The van der Waals surface area contributed by atoms with Gasteiger partial charge in [-0.3, -0.25) is 0 Å². The van der Waals surface area contributed by atoms with E-state index in [1.165, 1.54) is 25.7 Å². The Kier molecular flexibility index (Phi) is 4.98. The third-order valence-electron chi connectivity index (χ3n) is 3.42. The minimum absolute atomic E-state index is 0.383. The highest BCUT2D eigenvalue weighted by molar-refractivity contribution is 8.01. The summed E-state index contributed by atoms with van der Waals surface area (Å²) < 4.78 is 0.383. The normalized spacial score (nSPS) is 33.0. The van der Waals surface area contributed by atoms with Crippen LogP contribution in [0.4, 0.5) is 0 Å². The zero-order valence-corrected chi connectivity index (χ0v) is 11.6. The van der Waals surface area contributed by atoms with Crippen molar-refractivity contribution < 1.29 is 0 Å². The molecule has 15 heavy (non-hydrogen) atoms. The van der Waals surface area contributed by atoms with Gasteiger partial charge in [0.15, 0.2) is 0 Å². The number of hydrogen-bond donors (Lipinski definition) is 1. The average molecular weight is 229 g/mol. The molecule has 1 saturated carbocycles. The maximum Gasteiger partial charge on any atom is 0.00952 e. The number of rotatable bonds is 3. The van der Waals surface area contributed by atoms with Gasteiger partial charge < -0.3 is 5.73 Å². The van der Waals surface area contributed by atoms with Gasteiger partial charge in [0.05, 0.1) is 0 Å². The molecule has 1 fully saturated rings. The van der Waals surface area contributed by atoms with E-state index in [0.29, 0.717) is 4.75 Å². The molecule has 2 N–H and O–H groups in total. The van der Waals surface area contributed by atoms with E-state index in [1.807, 2.05) is 0 Å². The molecule has 0 heterocycles. The number of hydrogen-bond acceptors (Lipinski definition) is 2. The summed E-state index contributed by atoms with van der Waals surface area (Å²) in [7, 11) is 0. The molecule has 90 valence electrons. The van der Waals surface area contributed by atoms with Crippen molar-refractivity contribution >= 4 is 11.8 Å². The molecule has 1 rings (SSSR count). The fraction of sp³-hybridized carbons (Fsp3) is 1.00. The van der Waals surface area contributed by atoms with E-state index < -0.39 is 0 Å². The van der Waals surface area contributed by atoms with Crippen molar-refractivity contribution in [3.8, 4) is 0 Å². The van der Waals surface area contributed by atoms with E-state index >= 15 is 0 Å². The van der Waals surface area contributed by atoms with Crippen LogP contribution in [0, 0.1) is 11.8 Å². The topological polar surface area (TPSA) is 26.0 Å². The maximum absolute atomic E-state index is 5.89. The van der Waals surface area contributed by atoms with Crippen molar-refractivity contribution in [2.24, 2.45) is 17.6 Å². The van der Waals surface area contributed by atoms with Gasteiger partial charge in [-0.15, -0.1) is 0 Å². The average Bonchev–Trinajstić information content (AvgIpc) is 2.15. The van der Waals surface area contributed by atoms with Crippen LogP contribution in [0.15, 0.2) is 0 Å². The van der Waals surface area contributed by atoms with Gasteiger partial charge in [-0.05, 0) is 31.2 Å². The van der Waals surface area contributed by atoms with Crippen LogP contribution < -0.4 is 5.73 Å². The lowest BCUT2D eigenvalue weighted by Gasteiger charge is -2.38. The summed E-state index contributed by atoms with van der Waals surface area (Å²) in [6.07, 6.45) is 5.49. The summed E-state index contributed by atoms with van der Waals surface area (Å²) in [5.41, 5.74) is 5.89. The van der Waals surface area contributed by atoms with Gasteiger partial charge in [0.2, 0.25) is 0 Å². The van der Waals surface area contributed by atoms with Crippen LogP contribution in [-0.2, 0) is 0 Å². The minimum atomic E-state index is 0.383. The molecule has 0 aromatic heterocycles. The lowest BCUT2D eigenvalue weighted by atomic mass is 9.80. The predicted octanol–water partition coefficient (Wildman–Crippen LogP) is 3.67. The molecule has 1 aliphatic carbocycles. The second-order valence-electron chi connectivity index (χ2n) is 5.85. The number of thioether (sulfide) groups is 1. The van der Waals surface area contributed by atoms with E-state index in [2.05, 4.69) is 39.5 Å². The van der Waals surface area contributed by atoms with Gasteiger partial charge in [-0.25, -0.2) is 0 Å². The van der Waals surface area contributed by atoms with Crippen molar-refractivity contribution in [1.29, 1.82) is 0 Å². The van der Waals surface area contributed by atoms with E-state index in [0.717, 1.165) is 23.6 Å². The minimum Gasteiger partial charge on any atom is -0.330 e. The van der Waals surface area contributed by atoms with Crippen LogP contribution in [-0.4, -0.2) is 16.5 Å². The molecule has 3 unspecified atom stereocenters. The lowest BCUT2D eigenvalue weighted by molar-refractivity contribution is 0.283. The highest BCUT2D eigenvalue weighted by Crippen LogP contribution is 2.42. The Morgan fingerprint density at radius 3 is 2.40 bits per heavy atom. The van der Waals surface area contributed by atoms with Crippen LogP contribution in [0.5, 0.6) is 0 Å². The monoisotopic (exact) mass is 229 g/mol. The molecule has 0 spiro atoms. The molecule has 3 atom stereocenters. The molecular weight excluding hydrogens is 202 g/mol. The highest BCUT2D eigenvalue weighted by Gasteiger charge is 2.32. The number of nitrogens with two attached hydrogens (primary N) is 1. The maximum atomic E-state index is 5.89.